The highest BCUT2D eigenvalue weighted by molar-refractivity contribution is 7.13. The van der Waals surface area contributed by atoms with E-state index in [9.17, 15) is 19.5 Å². The van der Waals surface area contributed by atoms with Gasteiger partial charge in [-0.3, -0.25) is 18.8 Å². The van der Waals surface area contributed by atoms with Crippen LogP contribution in [0.4, 0.5) is 5.13 Å². The monoisotopic (exact) mass is 386 g/mol. The molecule has 0 unspecified atom stereocenters. The Balaban J connectivity index is 1.80. The number of thiazole rings is 1. The number of rotatable bonds is 4. The van der Waals surface area contributed by atoms with E-state index in [2.05, 4.69) is 15.3 Å². The molecule has 3 rings (SSSR count). The number of pyridine rings is 1. The Morgan fingerprint density at radius 1 is 1.37 bits per heavy atom. The van der Waals surface area contributed by atoms with Crippen LogP contribution in [0.2, 0.25) is 0 Å². The van der Waals surface area contributed by atoms with Crippen molar-refractivity contribution < 1.29 is 14.7 Å². The van der Waals surface area contributed by atoms with Crippen molar-refractivity contribution in [1.82, 2.24) is 14.4 Å². The predicted molar refractivity (Wildman–Crippen MR) is 102 cm³/mol. The second-order valence-corrected chi connectivity index (χ2v) is 7.91. The summed E-state index contributed by atoms with van der Waals surface area (Å²) >= 11 is 1.36. The zero-order valence-corrected chi connectivity index (χ0v) is 15.8. The van der Waals surface area contributed by atoms with E-state index in [0.717, 1.165) is 10.1 Å². The highest BCUT2D eigenvalue weighted by Gasteiger charge is 2.18. The van der Waals surface area contributed by atoms with Crippen molar-refractivity contribution in [3.63, 3.8) is 0 Å². The third-order valence-corrected chi connectivity index (χ3v) is 4.67. The number of aromatic hydroxyl groups is 1. The van der Waals surface area contributed by atoms with Gasteiger partial charge >= 0.3 is 0 Å². The first-order chi connectivity index (χ1) is 12.7. The van der Waals surface area contributed by atoms with Gasteiger partial charge in [-0.25, -0.2) is 4.98 Å². The fourth-order valence-electron chi connectivity index (χ4n) is 2.42. The van der Waals surface area contributed by atoms with Gasteiger partial charge in [-0.2, -0.15) is 4.98 Å². The molecule has 8 nitrogen and oxygen atoms in total. The van der Waals surface area contributed by atoms with Gasteiger partial charge in [0, 0.05) is 17.0 Å². The summed E-state index contributed by atoms with van der Waals surface area (Å²) in [6.07, 6.45) is 1.73. The smallest absolute Gasteiger partial charge is 0.272 e. The van der Waals surface area contributed by atoms with Crippen molar-refractivity contribution in [2.75, 3.05) is 5.32 Å². The van der Waals surface area contributed by atoms with E-state index < -0.39 is 17.0 Å². The number of carbonyl (C=O) groups excluding carboxylic acids is 2. The van der Waals surface area contributed by atoms with Crippen LogP contribution in [-0.2, 0) is 16.6 Å². The molecule has 3 heterocycles. The van der Waals surface area contributed by atoms with Crippen LogP contribution in [0.3, 0.4) is 0 Å². The van der Waals surface area contributed by atoms with E-state index >= 15 is 0 Å². The van der Waals surface area contributed by atoms with Gasteiger partial charge in [0.15, 0.2) is 11.4 Å². The fraction of sp³-hybridized carbons (Fsp3) is 0.278. The molecule has 0 bridgehead atoms. The summed E-state index contributed by atoms with van der Waals surface area (Å²) in [5.74, 6) is -0.890. The second kappa shape index (κ2) is 6.92. The number of anilines is 1. The number of nitrogens with one attached hydrogen (secondary N) is 1. The Hall–Kier alpha value is -3.07. The average Bonchev–Trinajstić information content (AvgIpc) is 3.03. The summed E-state index contributed by atoms with van der Waals surface area (Å²) in [7, 11) is 0. The molecule has 0 spiro atoms. The van der Waals surface area contributed by atoms with E-state index in [-0.39, 0.29) is 29.7 Å². The van der Waals surface area contributed by atoms with Crippen LogP contribution in [0.25, 0.3) is 5.65 Å². The summed E-state index contributed by atoms with van der Waals surface area (Å²) in [6.45, 7) is 6.13. The zero-order valence-electron chi connectivity index (χ0n) is 15.0. The molecule has 0 atom stereocenters. The maximum absolute atomic E-state index is 12.3. The van der Waals surface area contributed by atoms with Crippen LogP contribution in [0.1, 0.15) is 42.4 Å². The fourth-order valence-corrected chi connectivity index (χ4v) is 3.37. The molecule has 27 heavy (non-hydrogen) atoms. The van der Waals surface area contributed by atoms with Gasteiger partial charge in [0.1, 0.15) is 11.2 Å². The Bertz CT molecular complexity index is 1090. The third-order valence-electron chi connectivity index (χ3n) is 3.91. The first-order valence-corrected chi connectivity index (χ1v) is 9.02. The molecule has 3 aromatic rings. The van der Waals surface area contributed by atoms with E-state index in [1.54, 1.807) is 6.07 Å². The van der Waals surface area contributed by atoms with Crippen LogP contribution >= 0.6 is 11.3 Å². The van der Waals surface area contributed by atoms with Gasteiger partial charge in [-0.05, 0) is 17.7 Å². The Labute approximate surface area is 158 Å². The first kappa shape index (κ1) is 18.7. The van der Waals surface area contributed by atoms with Crippen molar-refractivity contribution in [2.24, 2.45) is 0 Å². The van der Waals surface area contributed by atoms with Gasteiger partial charge in [-0.15, -0.1) is 11.3 Å². The van der Waals surface area contributed by atoms with Crippen LogP contribution in [0, 0.1) is 0 Å². The molecule has 0 aliphatic rings. The summed E-state index contributed by atoms with van der Waals surface area (Å²) < 4.78 is 1.14. The van der Waals surface area contributed by atoms with E-state index in [0.29, 0.717) is 10.7 Å². The lowest BCUT2D eigenvalue weighted by molar-refractivity contribution is -0.115. The Morgan fingerprint density at radius 2 is 2.11 bits per heavy atom. The lowest BCUT2D eigenvalue weighted by Gasteiger charge is -2.14. The minimum absolute atomic E-state index is 0.0486. The first-order valence-electron chi connectivity index (χ1n) is 8.14. The molecule has 0 aliphatic heterocycles. The minimum Gasteiger partial charge on any atom is -0.493 e. The number of nitrogens with zero attached hydrogens (tertiary/aromatic N) is 3. The molecule has 140 valence electrons. The number of amides is 1. The SMILES string of the molecule is CC(C)(C)c1csc(NC(=O)Cc2ccn3c(=O)c(C=O)c(O)nc3c2)n1. The average molecular weight is 386 g/mol. The normalized spacial score (nSPS) is 11.5. The topological polar surface area (TPSA) is 114 Å². The lowest BCUT2D eigenvalue weighted by atomic mass is 9.93. The molecular weight excluding hydrogens is 368 g/mol. The molecule has 1 amide bonds. The van der Waals surface area contributed by atoms with Gasteiger partial charge in [0.25, 0.3) is 5.56 Å². The van der Waals surface area contributed by atoms with Crippen molar-refractivity contribution in [3.05, 3.63) is 50.9 Å². The Kier molecular flexibility index (Phi) is 4.79. The number of aromatic nitrogens is 3. The maximum Gasteiger partial charge on any atom is 0.272 e. The van der Waals surface area contributed by atoms with E-state index in [1.807, 2.05) is 26.2 Å². The van der Waals surface area contributed by atoms with Crippen molar-refractivity contribution in [1.29, 1.82) is 0 Å². The maximum atomic E-state index is 12.3. The van der Waals surface area contributed by atoms with Gasteiger partial charge in [0.2, 0.25) is 11.8 Å². The summed E-state index contributed by atoms with van der Waals surface area (Å²) in [4.78, 5) is 43.5. The number of hydrogen-bond donors (Lipinski definition) is 2. The molecular formula is C18H18N4O4S. The largest absolute Gasteiger partial charge is 0.493 e. The minimum atomic E-state index is -0.666. The molecule has 0 aromatic carbocycles. The van der Waals surface area contributed by atoms with Crippen molar-refractivity contribution >= 4 is 34.3 Å². The second-order valence-electron chi connectivity index (χ2n) is 7.05. The highest BCUT2D eigenvalue weighted by Crippen LogP contribution is 2.26. The Morgan fingerprint density at radius 3 is 2.74 bits per heavy atom. The van der Waals surface area contributed by atoms with Gasteiger partial charge in [0.05, 0.1) is 12.1 Å². The molecule has 0 saturated carbocycles. The van der Waals surface area contributed by atoms with Crippen LogP contribution in [0.15, 0.2) is 28.5 Å². The van der Waals surface area contributed by atoms with Crippen LogP contribution < -0.4 is 10.9 Å². The summed E-state index contributed by atoms with van der Waals surface area (Å²) in [6, 6.07) is 3.10. The van der Waals surface area contributed by atoms with Crippen molar-refractivity contribution in [3.8, 4) is 5.88 Å². The molecule has 0 radical (unpaired) electrons. The summed E-state index contributed by atoms with van der Waals surface area (Å²) in [5.41, 5.74) is 0.484. The number of carbonyl (C=O) groups is 2. The third kappa shape index (κ3) is 3.87. The predicted octanol–water partition coefficient (Wildman–Crippen LogP) is 2.15. The molecule has 0 saturated heterocycles. The number of fused-ring (bicyclic) bond motifs is 1. The van der Waals surface area contributed by atoms with Crippen LogP contribution in [0.5, 0.6) is 5.88 Å². The quantitative estimate of drug-likeness (QED) is 0.664. The molecule has 2 N–H and O–H groups in total. The van der Waals surface area contributed by atoms with E-state index in [1.165, 1.54) is 23.6 Å². The number of aldehydes is 1. The van der Waals surface area contributed by atoms with Crippen LogP contribution in [-0.4, -0.2) is 31.7 Å². The molecule has 0 aliphatic carbocycles. The summed E-state index contributed by atoms with van der Waals surface area (Å²) in [5, 5.41) is 14.9. The zero-order chi connectivity index (χ0) is 19.8. The van der Waals surface area contributed by atoms with Gasteiger partial charge < -0.3 is 10.4 Å². The molecule has 9 heteroatoms. The molecule has 0 fully saturated rings. The standard InChI is InChI=1S/C18H18N4O4S/c1-18(2,3)12-9-27-17(19-12)21-14(24)7-10-4-5-22-13(6-10)20-15(25)11(8-23)16(22)26/h4-6,8-9,25H,7H2,1-3H3,(H,19,21,24). The van der Waals surface area contributed by atoms with Crippen molar-refractivity contribution in [2.45, 2.75) is 32.6 Å². The van der Waals surface area contributed by atoms with E-state index in [4.69, 9.17) is 0 Å². The number of hydrogen-bond acceptors (Lipinski definition) is 7. The highest BCUT2D eigenvalue weighted by atomic mass is 32.1. The van der Waals surface area contributed by atoms with Gasteiger partial charge in [-0.1, -0.05) is 20.8 Å². The lowest BCUT2D eigenvalue weighted by Crippen LogP contribution is -2.20. The molecule has 3 aromatic heterocycles.